The van der Waals surface area contributed by atoms with Crippen LogP contribution >= 0.6 is 0 Å². The van der Waals surface area contributed by atoms with Crippen molar-refractivity contribution < 1.29 is 19.0 Å². The molecule has 1 aliphatic carbocycles. The van der Waals surface area contributed by atoms with Crippen LogP contribution in [0.15, 0.2) is 24.3 Å². The Morgan fingerprint density at radius 1 is 1.21 bits per heavy atom. The van der Waals surface area contributed by atoms with E-state index in [1.807, 2.05) is 39.8 Å². The van der Waals surface area contributed by atoms with E-state index in [0.29, 0.717) is 17.6 Å². The minimum atomic E-state index is -0.492. The largest absolute Gasteiger partial charge is 0.465 e. The molecule has 0 spiro atoms. The molecule has 0 saturated heterocycles. The lowest BCUT2D eigenvalue weighted by Gasteiger charge is -2.26. The molecule has 0 bridgehead atoms. The lowest BCUT2D eigenvalue weighted by atomic mass is 9.91. The third kappa shape index (κ3) is 5.52. The Balaban J connectivity index is 1.91. The summed E-state index contributed by atoms with van der Waals surface area (Å²) < 4.78 is 17.3. The maximum absolute atomic E-state index is 12.2. The molecule has 24 heavy (non-hydrogen) atoms. The molecule has 2 rings (SSSR count). The predicted molar refractivity (Wildman–Crippen MR) is 94.2 cm³/mol. The number of esters is 1. The number of hydrogen-bond acceptors (Lipinski definition) is 4. The Morgan fingerprint density at radius 3 is 2.54 bits per heavy atom. The molecule has 1 aromatic carbocycles. The van der Waals surface area contributed by atoms with E-state index in [9.17, 15) is 4.79 Å². The van der Waals surface area contributed by atoms with Gasteiger partial charge < -0.3 is 14.2 Å². The van der Waals surface area contributed by atoms with Crippen molar-refractivity contribution in [3.05, 3.63) is 24.3 Å². The third-order valence-electron chi connectivity index (χ3n) is 4.69. The van der Waals surface area contributed by atoms with Crippen LogP contribution in [0.2, 0.25) is 0 Å². The molecule has 4 heteroatoms. The smallest absolute Gasteiger partial charge is 0.316 e. The molecule has 0 aliphatic heterocycles. The number of ether oxygens (including phenoxy) is 3. The summed E-state index contributed by atoms with van der Waals surface area (Å²) in [5.74, 6) is 0.926. The van der Waals surface area contributed by atoms with E-state index in [-0.39, 0.29) is 12.3 Å². The Kier molecular flexibility index (Phi) is 6.67. The van der Waals surface area contributed by atoms with Crippen LogP contribution in [0.25, 0.3) is 0 Å². The van der Waals surface area contributed by atoms with Crippen molar-refractivity contribution in [2.45, 2.75) is 78.6 Å². The number of benzene rings is 1. The third-order valence-corrected chi connectivity index (χ3v) is 4.69. The average molecular weight is 334 g/mol. The summed E-state index contributed by atoms with van der Waals surface area (Å²) in [4.78, 5) is 12.2. The fourth-order valence-electron chi connectivity index (χ4n) is 2.69. The van der Waals surface area contributed by atoms with Gasteiger partial charge in [0.2, 0.25) is 0 Å². The number of carbonyl (C=O) groups excluding carboxylic acids is 1. The molecule has 1 aromatic rings. The Morgan fingerprint density at radius 2 is 1.88 bits per heavy atom. The summed E-state index contributed by atoms with van der Waals surface area (Å²) in [6, 6.07) is 7.18. The van der Waals surface area contributed by atoms with Crippen LogP contribution < -0.4 is 9.47 Å². The van der Waals surface area contributed by atoms with E-state index in [1.54, 1.807) is 12.1 Å². The van der Waals surface area contributed by atoms with E-state index in [1.165, 1.54) is 19.3 Å². The van der Waals surface area contributed by atoms with Gasteiger partial charge in [0.1, 0.15) is 11.5 Å². The van der Waals surface area contributed by atoms with Gasteiger partial charge >= 0.3 is 5.97 Å². The summed E-state index contributed by atoms with van der Waals surface area (Å²) >= 11 is 0. The van der Waals surface area contributed by atoms with E-state index in [4.69, 9.17) is 14.2 Å². The monoisotopic (exact) mass is 334 g/mol. The molecule has 4 nitrogen and oxygen atoms in total. The molecule has 0 aromatic heterocycles. The molecule has 1 fully saturated rings. The van der Waals surface area contributed by atoms with Crippen LogP contribution in [-0.4, -0.2) is 18.4 Å². The minimum absolute atomic E-state index is 0.228. The van der Waals surface area contributed by atoms with Crippen molar-refractivity contribution in [2.75, 3.05) is 0 Å². The van der Waals surface area contributed by atoms with Gasteiger partial charge in [-0.15, -0.1) is 0 Å². The van der Waals surface area contributed by atoms with Crippen molar-refractivity contribution in [3.63, 3.8) is 0 Å². The van der Waals surface area contributed by atoms with Crippen LogP contribution in [0.1, 0.15) is 66.2 Å². The van der Waals surface area contributed by atoms with Gasteiger partial charge in [-0.25, -0.2) is 0 Å². The molecule has 0 amide bonds. The molecule has 1 saturated carbocycles. The standard InChI is InChI=1S/C20H30O4/c1-5-20(3,4)19(21)24-18-13-9-12-17(14-18)23-15(2)22-16-10-7-6-8-11-16/h9,12-16H,5-8,10-11H2,1-4H3. The van der Waals surface area contributed by atoms with Crippen LogP contribution in [0.3, 0.4) is 0 Å². The second kappa shape index (κ2) is 8.52. The second-order valence-electron chi connectivity index (χ2n) is 7.18. The van der Waals surface area contributed by atoms with Gasteiger partial charge in [-0.3, -0.25) is 4.79 Å². The van der Waals surface area contributed by atoms with Gasteiger partial charge in [0.15, 0.2) is 6.29 Å². The highest BCUT2D eigenvalue weighted by molar-refractivity contribution is 5.78. The van der Waals surface area contributed by atoms with Crippen LogP contribution in [0.5, 0.6) is 11.5 Å². The maximum atomic E-state index is 12.2. The van der Waals surface area contributed by atoms with E-state index in [2.05, 4.69) is 0 Å². The zero-order valence-corrected chi connectivity index (χ0v) is 15.3. The van der Waals surface area contributed by atoms with Crippen molar-refractivity contribution in [3.8, 4) is 11.5 Å². The molecular formula is C20H30O4. The van der Waals surface area contributed by atoms with E-state index >= 15 is 0 Å². The zero-order valence-electron chi connectivity index (χ0n) is 15.3. The Bertz CT molecular complexity index is 532. The number of rotatable bonds is 7. The van der Waals surface area contributed by atoms with Crippen molar-refractivity contribution in [1.82, 2.24) is 0 Å². The molecule has 0 radical (unpaired) electrons. The van der Waals surface area contributed by atoms with Crippen LogP contribution in [0.4, 0.5) is 0 Å². The van der Waals surface area contributed by atoms with Gasteiger partial charge in [0.25, 0.3) is 0 Å². The van der Waals surface area contributed by atoms with Crippen LogP contribution in [0, 0.1) is 5.41 Å². The molecule has 134 valence electrons. The quantitative estimate of drug-likeness (QED) is 0.395. The van der Waals surface area contributed by atoms with Crippen molar-refractivity contribution in [2.24, 2.45) is 5.41 Å². The minimum Gasteiger partial charge on any atom is -0.465 e. The molecule has 1 atom stereocenters. The molecule has 0 heterocycles. The summed E-state index contributed by atoms with van der Waals surface area (Å²) in [5, 5.41) is 0. The molecule has 0 N–H and O–H groups in total. The average Bonchev–Trinajstić information content (AvgIpc) is 2.56. The fourth-order valence-corrected chi connectivity index (χ4v) is 2.69. The summed E-state index contributed by atoms with van der Waals surface area (Å²) in [6.45, 7) is 7.66. The first-order chi connectivity index (χ1) is 11.4. The van der Waals surface area contributed by atoms with Gasteiger partial charge in [0.05, 0.1) is 11.5 Å². The predicted octanol–water partition coefficient (Wildman–Crippen LogP) is 5.10. The first kappa shape index (κ1) is 18.8. The fraction of sp³-hybridized carbons (Fsp3) is 0.650. The maximum Gasteiger partial charge on any atom is 0.316 e. The first-order valence-corrected chi connectivity index (χ1v) is 9.05. The van der Waals surface area contributed by atoms with Gasteiger partial charge in [0, 0.05) is 6.07 Å². The van der Waals surface area contributed by atoms with Crippen molar-refractivity contribution in [1.29, 1.82) is 0 Å². The summed E-state index contributed by atoms with van der Waals surface area (Å²) in [7, 11) is 0. The Labute approximate surface area is 145 Å². The SMILES string of the molecule is CCC(C)(C)C(=O)Oc1cccc(OC(C)OC2CCCCC2)c1. The Hall–Kier alpha value is -1.55. The van der Waals surface area contributed by atoms with Gasteiger partial charge in [-0.05, 0) is 52.2 Å². The molecule has 1 unspecified atom stereocenters. The van der Waals surface area contributed by atoms with E-state index in [0.717, 1.165) is 19.3 Å². The highest BCUT2D eigenvalue weighted by Crippen LogP contribution is 2.27. The lowest BCUT2D eigenvalue weighted by molar-refractivity contribution is -0.144. The topological polar surface area (TPSA) is 44.8 Å². The van der Waals surface area contributed by atoms with Gasteiger partial charge in [-0.1, -0.05) is 32.3 Å². The normalized spacial score (nSPS) is 17.3. The molecular weight excluding hydrogens is 304 g/mol. The second-order valence-corrected chi connectivity index (χ2v) is 7.18. The zero-order chi connectivity index (χ0) is 17.6. The number of carbonyl (C=O) groups is 1. The summed E-state index contributed by atoms with van der Waals surface area (Å²) in [6.07, 6.45) is 6.69. The number of hydrogen-bond donors (Lipinski definition) is 0. The van der Waals surface area contributed by atoms with Crippen LogP contribution in [-0.2, 0) is 9.53 Å². The van der Waals surface area contributed by atoms with Gasteiger partial charge in [-0.2, -0.15) is 0 Å². The molecule has 1 aliphatic rings. The first-order valence-electron chi connectivity index (χ1n) is 9.05. The highest BCUT2D eigenvalue weighted by atomic mass is 16.7. The highest BCUT2D eigenvalue weighted by Gasteiger charge is 2.27. The van der Waals surface area contributed by atoms with Crippen molar-refractivity contribution >= 4 is 5.97 Å². The lowest BCUT2D eigenvalue weighted by Crippen LogP contribution is -2.28. The summed E-state index contributed by atoms with van der Waals surface area (Å²) in [5.41, 5.74) is -0.492. The van der Waals surface area contributed by atoms with E-state index < -0.39 is 5.41 Å².